The number of pyridine rings is 1. The van der Waals surface area contributed by atoms with E-state index in [4.69, 9.17) is 10.5 Å². The van der Waals surface area contributed by atoms with Gasteiger partial charge in [0, 0.05) is 15.8 Å². The highest BCUT2D eigenvalue weighted by molar-refractivity contribution is 7.20. The van der Waals surface area contributed by atoms with Gasteiger partial charge in [-0.1, -0.05) is 0 Å². The number of nitrogens with zero attached hydrogens (tertiary/aromatic N) is 1. The summed E-state index contributed by atoms with van der Waals surface area (Å²) in [6.07, 6.45) is 0. The van der Waals surface area contributed by atoms with Crippen LogP contribution in [0.3, 0.4) is 0 Å². The minimum atomic E-state index is -0.290. The standard InChI is InChI=1S/C11H12N2O2S/c1-3-15-11(14)9-4-7-6(2)13-10(12)5-8(7)16-9/h4-5H,3H2,1-2H3,(H2,12,13). The third-order valence-electron chi connectivity index (χ3n) is 2.20. The molecule has 2 aromatic heterocycles. The summed E-state index contributed by atoms with van der Waals surface area (Å²) in [5, 5.41) is 0.960. The van der Waals surface area contributed by atoms with Crippen molar-refractivity contribution in [3.63, 3.8) is 0 Å². The fraction of sp³-hybridized carbons (Fsp3) is 0.273. The predicted molar refractivity (Wildman–Crippen MR) is 64.7 cm³/mol. The van der Waals surface area contributed by atoms with Crippen LogP contribution < -0.4 is 5.73 Å². The summed E-state index contributed by atoms with van der Waals surface area (Å²) in [6.45, 7) is 4.04. The van der Waals surface area contributed by atoms with Gasteiger partial charge in [-0.3, -0.25) is 0 Å². The number of carbonyl (C=O) groups excluding carboxylic acids is 1. The Bertz CT molecular complexity index is 548. The number of hydrogen-bond acceptors (Lipinski definition) is 5. The first-order valence-corrected chi connectivity index (χ1v) is 5.77. The van der Waals surface area contributed by atoms with Crippen LogP contribution in [0, 0.1) is 6.92 Å². The van der Waals surface area contributed by atoms with Crippen LogP contribution in [0.4, 0.5) is 5.82 Å². The van der Waals surface area contributed by atoms with Gasteiger partial charge in [0.15, 0.2) is 0 Å². The number of ether oxygens (including phenoxy) is 1. The molecule has 0 bridgehead atoms. The molecule has 0 atom stereocenters. The van der Waals surface area contributed by atoms with E-state index >= 15 is 0 Å². The lowest BCUT2D eigenvalue weighted by atomic mass is 10.2. The summed E-state index contributed by atoms with van der Waals surface area (Å²) in [7, 11) is 0. The van der Waals surface area contributed by atoms with Gasteiger partial charge in [-0.05, 0) is 26.0 Å². The SMILES string of the molecule is CCOC(=O)c1cc2c(C)nc(N)cc2s1. The number of anilines is 1. The molecule has 2 N–H and O–H groups in total. The average molecular weight is 236 g/mol. The maximum absolute atomic E-state index is 11.5. The number of nitrogens with two attached hydrogens (primary N) is 1. The minimum Gasteiger partial charge on any atom is -0.462 e. The van der Waals surface area contributed by atoms with Gasteiger partial charge >= 0.3 is 5.97 Å². The first kappa shape index (κ1) is 10.9. The highest BCUT2D eigenvalue weighted by Gasteiger charge is 2.13. The van der Waals surface area contributed by atoms with Crippen LogP contribution in [0.5, 0.6) is 0 Å². The van der Waals surface area contributed by atoms with Gasteiger partial charge in [-0.25, -0.2) is 9.78 Å². The highest BCUT2D eigenvalue weighted by Crippen LogP contribution is 2.29. The smallest absolute Gasteiger partial charge is 0.348 e. The van der Waals surface area contributed by atoms with Crippen molar-refractivity contribution in [2.45, 2.75) is 13.8 Å². The third kappa shape index (κ3) is 1.86. The van der Waals surface area contributed by atoms with Crippen LogP contribution in [-0.4, -0.2) is 17.6 Å². The van der Waals surface area contributed by atoms with E-state index in [1.54, 1.807) is 19.1 Å². The van der Waals surface area contributed by atoms with E-state index in [0.29, 0.717) is 17.3 Å². The molecule has 0 unspecified atom stereocenters. The van der Waals surface area contributed by atoms with E-state index in [2.05, 4.69) is 4.98 Å². The molecule has 84 valence electrons. The Morgan fingerprint density at radius 2 is 2.31 bits per heavy atom. The van der Waals surface area contributed by atoms with Crippen molar-refractivity contribution in [3.05, 3.63) is 22.7 Å². The van der Waals surface area contributed by atoms with Crippen LogP contribution in [0.1, 0.15) is 22.3 Å². The fourth-order valence-corrected chi connectivity index (χ4v) is 2.57. The molecule has 5 heteroatoms. The normalized spacial score (nSPS) is 10.6. The van der Waals surface area contributed by atoms with Crippen LogP contribution in [-0.2, 0) is 4.74 Å². The topological polar surface area (TPSA) is 65.2 Å². The molecule has 2 heterocycles. The largest absolute Gasteiger partial charge is 0.462 e. The molecule has 0 aromatic carbocycles. The molecule has 0 fully saturated rings. The quantitative estimate of drug-likeness (QED) is 0.813. The Morgan fingerprint density at radius 1 is 1.56 bits per heavy atom. The number of rotatable bonds is 2. The second-order valence-corrected chi connectivity index (χ2v) is 4.46. The lowest BCUT2D eigenvalue weighted by Crippen LogP contribution is -2.01. The third-order valence-corrected chi connectivity index (χ3v) is 3.27. The van der Waals surface area contributed by atoms with Gasteiger partial charge in [-0.2, -0.15) is 0 Å². The zero-order chi connectivity index (χ0) is 11.7. The zero-order valence-electron chi connectivity index (χ0n) is 9.11. The van der Waals surface area contributed by atoms with E-state index in [9.17, 15) is 4.79 Å². The van der Waals surface area contributed by atoms with Crippen LogP contribution in [0.25, 0.3) is 10.1 Å². The molecule has 2 aromatic rings. The van der Waals surface area contributed by atoms with E-state index in [1.165, 1.54) is 11.3 Å². The van der Waals surface area contributed by atoms with Crippen molar-refractivity contribution in [1.29, 1.82) is 0 Å². The lowest BCUT2D eigenvalue weighted by molar-refractivity contribution is 0.0532. The Labute approximate surface area is 97.0 Å². The van der Waals surface area contributed by atoms with Crippen LogP contribution in [0.15, 0.2) is 12.1 Å². The fourth-order valence-electron chi connectivity index (χ4n) is 1.52. The second-order valence-electron chi connectivity index (χ2n) is 3.38. The van der Waals surface area contributed by atoms with Crippen LogP contribution in [0.2, 0.25) is 0 Å². The van der Waals surface area contributed by atoms with Crippen molar-refractivity contribution >= 4 is 33.2 Å². The molecule has 0 aliphatic heterocycles. The number of fused-ring (bicyclic) bond motifs is 1. The second kappa shape index (κ2) is 4.09. The van der Waals surface area contributed by atoms with Crippen LogP contribution >= 0.6 is 11.3 Å². The van der Waals surface area contributed by atoms with Gasteiger partial charge in [0.05, 0.1) is 6.61 Å². The molecule has 0 saturated carbocycles. The molecule has 0 aliphatic carbocycles. The van der Waals surface area contributed by atoms with E-state index < -0.39 is 0 Å². The van der Waals surface area contributed by atoms with Crippen molar-refractivity contribution in [3.8, 4) is 0 Å². The van der Waals surface area contributed by atoms with Gasteiger partial charge in [0.1, 0.15) is 10.7 Å². The first-order valence-electron chi connectivity index (χ1n) is 4.95. The summed E-state index contributed by atoms with van der Waals surface area (Å²) in [6, 6.07) is 3.58. The predicted octanol–water partition coefficient (Wildman–Crippen LogP) is 2.36. The monoisotopic (exact) mass is 236 g/mol. The Balaban J connectivity index is 2.51. The number of nitrogen functional groups attached to an aromatic ring is 1. The Kier molecular flexibility index (Phi) is 2.78. The van der Waals surface area contributed by atoms with Gasteiger partial charge < -0.3 is 10.5 Å². The molecular weight excluding hydrogens is 224 g/mol. The molecule has 0 radical (unpaired) electrons. The molecule has 16 heavy (non-hydrogen) atoms. The number of aromatic nitrogens is 1. The maximum atomic E-state index is 11.5. The van der Waals surface area contributed by atoms with Gasteiger partial charge in [0.25, 0.3) is 0 Å². The van der Waals surface area contributed by atoms with Crippen molar-refractivity contribution < 1.29 is 9.53 Å². The maximum Gasteiger partial charge on any atom is 0.348 e. The van der Waals surface area contributed by atoms with Crippen molar-refractivity contribution in [2.75, 3.05) is 12.3 Å². The van der Waals surface area contributed by atoms with Gasteiger partial charge in [0.2, 0.25) is 0 Å². The summed E-state index contributed by atoms with van der Waals surface area (Å²) in [5.74, 6) is 0.184. The molecular formula is C11H12N2O2S. The Hall–Kier alpha value is -1.62. The molecule has 4 nitrogen and oxygen atoms in total. The summed E-state index contributed by atoms with van der Waals surface area (Å²) >= 11 is 1.38. The Morgan fingerprint density at radius 3 is 3.00 bits per heavy atom. The molecule has 0 amide bonds. The lowest BCUT2D eigenvalue weighted by Gasteiger charge is -1.96. The molecule has 0 spiro atoms. The summed E-state index contributed by atoms with van der Waals surface area (Å²) < 4.78 is 5.91. The number of esters is 1. The van der Waals surface area contributed by atoms with Crippen molar-refractivity contribution in [1.82, 2.24) is 4.98 Å². The molecule has 0 aliphatic rings. The summed E-state index contributed by atoms with van der Waals surface area (Å²) in [5.41, 5.74) is 6.48. The van der Waals surface area contributed by atoms with E-state index in [-0.39, 0.29) is 5.97 Å². The minimum absolute atomic E-state index is 0.290. The molecule has 0 saturated heterocycles. The molecule has 2 rings (SSSR count). The van der Waals surface area contributed by atoms with E-state index in [1.807, 2.05) is 6.92 Å². The first-order chi connectivity index (χ1) is 7.61. The average Bonchev–Trinajstić information content (AvgIpc) is 2.62. The number of aryl methyl sites for hydroxylation is 1. The van der Waals surface area contributed by atoms with Crippen molar-refractivity contribution in [2.24, 2.45) is 0 Å². The number of hydrogen-bond donors (Lipinski definition) is 1. The van der Waals surface area contributed by atoms with Gasteiger partial charge in [-0.15, -0.1) is 11.3 Å². The zero-order valence-corrected chi connectivity index (χ0v) is 9.93. The number of thiophene rings is 1. The highest BCUT2D eigenvalue weighted by atomic mass is 32.1. The number of carbonyl (C=O) groups is 1. The summed E-state index contributed by atoms with van der Waals surface area (Å²) in [4.78, 5) is 16.3. The van der Waals surface area contributed by atoms with E-state index in [0.717, 1.165) is 15.8 Å².